The summed E-state index contributed by atoms with van der Waals surface area (Å²) in [6, 6.07) is 7.53. The number of ether oxygens (including phenoxy) is 1. The third-order valence-electron chi connectivity index (χ3n) is 3.89. The van der Waals surface area contributed by atoms with Crippen molar-refractivity contribution in [2.24, 2.45) is 0 Å². The van der Waals surface area contributed by atoms with Crippen LogP contribution in [0.25, 0.3) is 11.0 Å². The number of aromatic nitrogens is 2. The fraction of sp³-hybridized carbons (Fsp3) is 0.438. The Balaban J connectivity index is 1.83. The summed E-state index contributed by atoms with van der Waals surface area (Å²) in [6.07, 6.45) is 0. The average molecular weight is 348 g/mol. The van der Waals surface area contributed by atoms with E-state index in [1.165, 1.54) is 16.7 Å². The van der Waals surface area contributed by atoms with Crippen LogP contribution in [0.15, 0.2) is 29.4 Å². The molecule has 0 spiro atoms. The van der Waals surface area contributed by atoms with Gasteiger partial charge < -0.3 is 14.6 Å². The largest absolute Gasteiger partial charge is 0.383 e. The monoisotopic (exact) mass is 348 g/mol. The van der Waals surface area contributed by atoms with Gasteiger partial charge in [-0.05, 0) is 19.1 Å². The number of carbonyl (C=O) groups is 2. The van der Waals surface area contributed by atoms with Gasteiger partial charge in [-0.15, -0.1) is 0 Å². The first-order valence-electron chi connectivity index (χ1n) is 7.82. The Morgan fingerprint density at radius 2 is 2.25 bits per heavy atom. The number of nitrogens with one attached hydrogen (secondary N) is 1. The molecule has 0 unspecified atom stereocenters. The standard InChI is InChI=1S/C16H20N4O3S/c1-11(14(21)20-8-7-17-15(20)22)24-16-18-12-5-3-4-6-13(12)19(16)9-10-23-2/h3-6,11H,7-10H2,1-2H3,(H,17,22)/t11-/m0/s1. The van der Waals surface area contributed by atoms with Crippen molar-refractivity contribution in [2.45, 2.75) is 23.9 Å². The van der Waals surface area contributed by atoms with Gasteiger partial charge in [-0.1, -0.05) is 23.9 Å². The summed E-state index contributed by atoms with van der Waals surface area (Å²) in [6.45, 7) is 3.95. The van der Waals surface area contributed by atoms with E-state index in [0.29, 0.717) is 26.2 Å². The Hall–Kier alpha value is -2.06. The number of methoxy groups -OCH3 is 1. The fourth-order valence-electron chi connectivity index (χ4n) is 2.65. The summed E-state index contributed by atoms with van der Waals surface area (Å²) in [7, 11) is 1.66. The van der Waals surface area contributed by atoms with E-state index in [9.17, 15) is 9.59 Å². The van der Waals surface area contributed by atoms with Crippen LogP contribution in [0.4, 0.5) is 4.79 Å². The third kappa shape index (κ3) is 3.25. The maximum absolute atomic E-state index is 12.5. The first kappa shape index (κ1) is 16.8. The van der Waals surface area contributed by atoms with Gasteiger partial charge in [-0.3, -0.25) is 9.69 Å². The van der Waals surface area contributed by atoms with E-state index in [0.717, 1.165) is 16.2 Å². The molecule has 1 aliphatic rings. The molecule has 128 valence electrons. The SMILES string of the molecule is COCCn1c(S[C@@H](C)C(=O)N2CCNC2=O)nc2ccccc21. The first-order chi connectivity index (χ1) is 11.6. The highest BCUT2D eigenvalue weighted by molar-refractivity contribution is 8.00. The lowest BCUT2D eigenvalue weighted by atomic mass is 10.3. The highest BCUT2D eigenvalue weighted by Crippen LogP contribution is 2.28. The third-order valence-corrected chi connectivity index (χ3v) is 4.97. The molecule has 1 N–H and O–H groups in total. The number of para-hydroxylation sites is 2. The molecule has 1 aromatic heterocycles. The number of hydrogen-bond donors (Lipinski definition) is 1. The van der Waals surface area contributed by atoms with Crippen LogP contribution in [0.2, 0.25) is 0 Å². The molecule has 8 heteroatoms. The second-order valence-corrected chi connectivity index (χ2v) is 6.82. The highest BCUT2D eigenvalue weighted by atomic mass is 32.2. The van der Waals surface area contributed by atoms with Gasteiger partial charge in [0.25, 0.3) is 0 Å². The lowest BCUT2D eigenvalue weighted by molar-refractivity contribution is -0.126. The number of hydrogen-bond acceptors (Lipinski definition) is 5. The molecule has 0 saturated carbocycles. The molecular weight excluding hydrogens is 328 g/mol. The summed E-state index contributed by atoms with van der Waals surface area (Å²) in [5.41, 5.74) is 1.89. The number of urea groups is 1. The molecule has 2 aromatic rings. The van der Waals surface area contributed by atoms with Gasteiger partial charge in [0.15, 0.2) is 5.16 Å². The lowest BCUT2D eigenvalue weighted by Crippen LogP contribution is -2.39. The van der Waals surface area contributed by atoms with Crippen LogP contribution in [0, 0.1) is 0 Å². The van der Waals surface area contributed by atoms with Crippen molar-refractivity contribution in [2.75, 3.05) is 26.8 Å². The molecule has 1 aliphatic heterocycles. The minimum absolute atomic E-state index is 0.194. The first-order valence-corrected chi connectivity index (χ1v) is 8.70. The fourth-order valence-corrected chi connectivity index (χ4v) is 3.66. The van der Waals surface area contributed by atoms with Crippen molar-refractivity contribution < 1.29 is 14.3 Å². The lowest BCUT2D eigenvalue weighted by Gasteiger charge is -2.17. The molecule has 3 amide bonds. The van der Waals surface area contributed by atoms with Gasteiger partial charge in [-0.25, -0.2) is 9.78 Å². The number of nitrogens with zero attached hydrogens (tertiary/aromatic N) is 3. The normalized spacial score (nSPS) is 15.8. The topological polar surface area (TPSA) is 76.5 Å². The zero-order valence-corrected chi connectivity index (χ0v) is 14.5. The van der Waals surface area contributed by atoms with Gasteiger partial charge in [0.1, 0.15) is 0 Å². The molecule has 7 nitrogen and oxygen atoms in total. The number of amides is 3. The molecule has 1 saturated heterocycles. The molecular formula is C16H20N4O3S. The van der Waals surface area contributed by atoms with Crippen molar-refractivity contribution in [1.82, 2.24) is 19.8 Å². The Labute approximate surface area is 144 Å². The van der Waals surface area contributed by atoms with Gasteiger partial charge in [-0.2, -0.15) is 0 Å². The Morgan fingerprint density at radius 1 is 1.46 bits per heavy atom. The number of imide groups is 1. The Kier molecular flexibility index (Phi) is 5.06. The van der Waals surface area contributed by atoms with Gasteiger partial charge in [0.05, 0.1) is 22.9 Å². The molecule has 1 fully saturated rings. The minimum Gasteiger partial charge on any atom is -0.383 e. The smallest absolute Gasteiger partial charge is 0.324 e. The van der Waals surface area contributed by atoms with Crippen LogP contribution >= 0.6 is 11.8 Å². The van der Waals surface area contributed by atoms with Gasteiger partial charge >= 0.3 is 6.03 Å². The maximum atomic E-state index is 12.5. The van der Waals surface area contributed by atoms with Crippen LogP contribution in [0.1, 0.15) is 6.92 Å². The molecule has 0 radical (unpaired) electrons. The van der Waals surface area contributed by atoms with Crippen molar-refractivity contribution in [1.29, 1.82) is 0 Å². The van der Waals surface area contributed by atoms with Gasteiger partial charge in [0.2, 0.25) is 5.91 Å². The molecule has 1 atom stereocenters. The molecule has 0 bridgehead atoms. The number of fused-ring (bicyclic) bond motifs is 1. The van der Waals surface area contributed by atoms with E-state index >= 15 is 0 Å². The van der Waals surface area contributed by atoms with E-state index in [1.807, 2.05) is 24.3 Å². The van der Waals surface area contributed by atoms with Crippen LogP contribution in [0.5, 0.6) is 0 Å². The number of benzene rings is 1. The van der Waals surface area contributed by atoms with Crippen LogP contribution in [-0.4, -0.2) is 58.4 Å². The maximum Gasteiger partial charge on any atom is 0.324 e. The van der Waals surface area contributed by atoms with Crippen LogP contribution in [-0.2, 0) is 16.1 Å². The number of carbonyl (C=O) groups excluding carboxylic acids is 2. The number of thioether (sulfide) groups is 1. The second kappa shape index (κ2) is 7.23. The Morgan fingerprint density at radius 3 is 2.96 bits per heavy atom. The average Bonchev–Trinajstić information content (AvgIpc) is 3.15. The van der Waals surface area contributed by atoms with E-state index in [-0.39, 0.29) is 11.9 Å². The Bertz CT molecular complexity index is 761. The summed E-state index contributed by atoms with van der Waals surface area (Å²) in [4.78, 5) is 30.0. The van der Waals surface area contributed by atoms with Crippen molar-refractivity contribution >= 4 is 34.7 Å². The summed E-state index contributed by atoms with van der Waals surface area (Å²) in [5, 5.41) is 3.01. The summed E-state index contributed by atoms with van der Waals surface area (Å²) < 4.78 is 7.23. The minimum atomic E-state index is -0.396. The van der Waals surface area contributed by atoms with Crippen LogP contribution < -0.4 is 5.32 Å². The number of imidazole rings is 1. The van der Waals surface area contributed by atoms with Crippen molar-refractivity contribution in [3.63, 3.8) is 0 Å². The predicted octanol–water partition coefficient (Wildman–Crippen LogP) is 1.72. The zero-order valence-electron chi connectivity index (χ0n) is 13.7. The van der Waals surface area contributed by atoms with Crippen molar-refractivity contribution in [3.8, 4) is 0 Å². The molecule has 2 heterocycles. The molecule has 0 aliphatic carbocycles. The van der Waals surface area contributed by atoms with E-state index < -0.39 is 5.25 Å². The summed E-state index contributed by atoms with van der Waals surface area (Å²) in [5.74, 6) is -0.194. The predicted molar refractivity (Wildman–Crippen MR) is 92.0 cm³/mol. The zero-order chi connectivity index (χ0) is 17.1. The number of rotatable bonds is 6. The highest BCUT2D eigenvalue weighted by Gasteiger charge is 2.31. The summed E-state index contributed by atoms with van der Waals surface area (Å²) >= 11 is 1.37. The van der Waals surface area contributed by atoms with E-state index in [4.69, 9.17) is 4.74 Å². The van der Waals surface area contributed by atoms with Crippen molar-refractivity contribution in [3.05, 3.63) is 24.3 Å². The van der Waals surface area contributed by atoms with E-state index in [2.05, 4.69) is 14.9 Å². The molecule has 1 aromatic carbocycles. The molecule has 3 rings (SSSR count). The van der Waals surface area contributed by atoms with Crippen LogP contribution in [0.3, 0.4) is 0 Å². The second-order valence-electron chi connectivity index (χ2n) is 5.51. The van der Waals surface area contributed by atoms with E-state index in [1.54, 1.807) is 14.0 Å². The van der Waals surface area contributed by atoms with Gasteiger partial charge in [0, 0.05) is 26.7 Å². The molecule has 24 heavy (non-hydrogen) atoms. The quantitative estimate of drug-likeness (QED) is 0.805.